The molecule has 0 bridgehead atoms. The lowest BCUT2D eigenvalue weighted by atomic mass is 10.1. The van der Waals surface area contributed by atoms with Crippen molar-refractivity contribution in [3.63, 3.8) is 0 Å². The lowest BCUT2D eigenvalue weighted by molar-refractivity contribution is -0.140. The molecule has 3 aromatic carbocycles. The Hall–Kier alpha value is -3.65. The minimum Gasteiger partial charge on any atom is -0.357 e. The quantitative estimate of drug-likeness (QED) is 0.409. The second-order valence-electron chi connectivity index (χ2n) is 9.59. The van der Waals surface area contributed by atoms with Gasteiger partial charge in [0.15, 0.2) is 0 Å². The van der Waals surface area contributed by atoms with E-state index in [1.807, 2.05) is 65.0 Å². The maximum Gasteiger partial charge on any atom is 0.264 e. The lowest BCUT2D eigenvalue weighted by Gasteiger charge is -2.33. The highest BCUT2D eigenvalue weighted by atomic mass is 32.2. The highest BCUT2D eigenvalue weighted by Crippen LogP contribution is 2.29. The van der Waals surface area contributed by atoms with Gasteiger partial charge in [0.2, 0.25) is 11.8 Å². The number of rotatable bonds is 10. The fraction of sp³-hybridized carbons (Fsp3) is 0.333. The van der Waals surface area contributed by atoms with E-state index in [1.165, 1.54) is 16.3 Å². The summed E-state index contributed by atoms with van der Waals surface area (Å²) in [5.41, 5.74) is 4.93. The van der Waals surface area contributed by atoms with E-state index in [0.29, 0.717) is 12.1 Å². The van der Waals surface area contributed by atoms with Crippen LogP contribution < -0.4 is 9.62 Å². The molecule has 0 aliphatic carbocycles. The average molecular weight is 536 g/mol. The number of amides is 2. The minimum absolute atomic E-state index is 0.0976. The fourth-order valence-electron chi connectivity index (χ4n) is 4.45. The van der Waals surface area contributed by atoms with Crippen molar-refractivity contribution in [2.24, 2.45) is 0 Å². The van der Waals surface area contributed by atoms with E-state index in [1.54, 1.807) is 36.4 Å². The van der Waals surface area contributed by atoms with Crippen LogP contribution in [0.15, 0.2) is 71.6 Å². The first-order valence-corrected chi connectivity index (χ1v) is 14.2. The third kappa shape index (κ3) is 6.42. The molecule has 38 heavy (non-hydrogen) atoms. The molecule has 0 saturated carbocycles. The normalized spacial score (nSPS) is 12.1. The molecule has 3 rings (SSSR count). The summed E-state index contributed by atoms with van der Waals surface area (Å²) in [5.74, 6) is -0.758. The van der Waals surface area contributed by atoms with Gasteiger partial charge in [-0.25, -0.2) is 8.42 Å². The van der Waals surface area contributed by atoms with Gasteiger partial charge in [0, 0.05) is 13.6 Å². The average Bonchev–Trinajstić information content (AvgIpc) is 2.89. The summed E-state index contributed by atoms with van der Waals surface area (Å²) in [5, 5.41) is 2.65. The zero-order valence-corrected chi connectivity index (χ0v) is 23.8. The first-order valence-electron chi connectivity index (χ1n) is 12.7. The Morgan fingerprint density at radius 2 is 1.55 bits per heavy atom. The molecule has 8 heteroatoms. The molecular weight excluding hydrogens is 498 g/mol. The lowest BCUT2D eigenvalue weighted by Crippen LogP contribution is -2.51. The standard InChI is InChI=1S/C30H37N3O4S/c1-7-27(30(35)31-6)32(19-25-12-8-10-22(3)18-25)29(34)20-33(28-13-9-11-23(4)24(28)5)38(36,37)26-16-14-21(2)15-17-26/h8-18,27H,7,19-20H2,1-6H3,(H,31,35)/t27-/m1/s1. The summed E-state index contributed by atoms with van der Waals surface area (Å²) >= 11 is 0. The number of anilines is 1. The number of nitrogens with one attached hydrogen (secondary N) is 1. The molecule has 7 nitrogen and oxygen atoms in total. The predicted molar refractivity (Wildman–Crippen MR) is 152 cm³/mol. The molecule has 0 aromatic heterocycles. The number of carbonyl (C=O) groups excluding carboxylic acids is 2. The maximum absolute atomic E-state index is 14.0. The monoisotopic (exact) mass is 535 g/mol. The number of hydrogen-bond donors (Lipinski definition) is 1. The predicted octanol–water partition coefficient (Wildman–Crippen LogP) is 4.67. The van der Waals surface area contributed by atoms with E-state index in [2.05, 4.69) is 5.32 Å². The van der Waals surface area contributed by atoms with Crippen LogP contribution >= 0.6 is 0 Å². The Kier molecular flexibility index (Phi) is 9.33. The Balaban J connectivity index is 2.11. The molecule has 0 saturated heterocycles. The number of hydrogen-bond acceptors (Lipinski definition) is 4. The van der Waals surface area contributed by atoms with Crippen LogP contribution in [0.3, 0.4) is 0 Å². The third-order valence-corrected chi connectivity index (χ3v) is 8.57. The Bertz CT molecular complexity index is 1400. The molecule has 1 atom stereocenters. The van der Waals surface area contributed by atoms with Gasteiger partial charge in [-0.15, -0.1) is 0 Å². The van der Waals surface area contributed by atoms with E-state index < -0.39 is 28.5 Å². The number of aryl methyl sites for hydroxylation is 3. The summed E-state index contributed by atoms with van der Waals surface area (Å²) in [4.78, 5) is 28.4. The number of carbonyl (C=O) groups is 2. The van der Waals surface area contributed by atoms with Gasteiger partial charge in [-0.1, -0.05) is 66.6 Å². The summed E-state index contributed by atoms with van der Waals surface area (Å²) < 4.78 is 29.1. The number of nitrogens with zero attached hydrogens (tertiary/aromatic N) is 2. The van der Waals surface area contributed by atoms with E-state index in [0.717, 1.165) is 27.8 Å². The molecular formula is C30H37N3O4S. The van der Waals surface area contributed by atoms with E-state index in [9.17, 15) is 18.0 Å². The van der Waals surface area contributed by atoms with Crippen LogP contribution in [0.25, 0.3) is 0 Å². The van der Waals surface area contributed by atoms with Gasteiger partial charge in [-0.3, -0.25) is 13.9 Å². The van der Waals surface area contributed by atoms with Gasteiger partial charge in [0.1, 0.15) is 12.6 Å². The largest absolute Gasteiger partial charge is 0.357 e. The Morgan fingerprint density at radius 1 is 0.895 bits per heavy atom. The highest BCUT2D eigenvalue weighted by molar-refractivity contribution is 7.92. The van der Waals surface area contributed by atoms with Gasteiger partial charge >= 0.3 is 0 Å². The Labute approximate surface area is 226 Å². The van der Waals surface area contributed by atoms with Crippen LogP contribution in [0.1, 0.15) is 41.2 Å². The zero-order chi connectivity index (χ0) is 28.0. The molecule has 3 aromatic rings. The summed E-state index contributed by atoms with van der Waals surface area (Å²) in [6.45, 7) is 9.16. The van der Waals surface area contributed by atoms with Crippen molar-refractivity contribution in [2.45, 2.75) is 58.5 Å². The molecule has 0 fully saturated rings. The first kappa shape index (κ1) is 28.9. The van der Waals surface area contributed by atoms with Crippen LogP contribution in [0.5, 0.6) is 0 Å². The van der Waals surface area contributed by atoms with Gasteiger partial charge in [-0.05, 0) is 69.0 Å². The number of likely N-dealkylation sites (N-methyl/N-ethyl adjacent to an activating group) is 1. The molecule has 0 unspecified atom stereocenters. The third-order valence-electron chi connectivity index (χ3n) is 6.80. The van der Waals surface area contributed by atoms with Crippen molar-refractivity contribution in [1.29, 1.82) is 0 Å². The fourth-order valence-corrected chi connectivity index (χ4v) is 5.92. The topological polar surface area (TPSA) is 86.8 Å². The smallest absolute Gasteiger partial charge is 0.264 e. The van der Waals surface area contributed by atoms with Crippen molar-refractivity contribution >= 4 is 27.5 Å². The van der Waals surface area contributed by atoms with Crippen molar-refractivity contribution in [2.75, 3.05) is 17.9 Å². The van der Waals surface area contributed by atoms with Crippen molar-refractivity contribution in [1.82, 2.24) is 10.2 Å². The second-order valence-corrected chi connectivity index (χ2v) is 11.5. The van der Waals surface area contributed by atoms with Gasteiger partial charge in [0.25, 0.3) is 10.0 Å². The van der Waals surface area contributed by atoms with Crippen LogP contribution in [0, 0.1) is 27.7 Å². The number of sulfonamides is 1. The SMILES string of the molecule is CC[C@H](C(=O)NC)N(Cc1cccc(C)c1)C(=O)CN(c1cccc(C)c1C)S(=O)(=O)c1ccc(C)cc1. The summed E-state index contributed by atoms with van der Waals surface area (Å²) in [6.07, 6.45) is 0.380. The summed E-state index contributed by atoms with van der Waals surface area (Å²) in [6, 6.07) is 18.9. The first-order chi connectivity index (χ1) is 18.0. The Morgan fingerprint density at radius 3 is 2.16 bits per heavy atom. The number of benzene rings is 3. The van der Waals surface area contributed by atoms with E-state index >= 15 is 0 Å². The van der Waals surface area contributed by atoms with Crippen LogP contribution in [0.2, 0.25) is 0 Å². The van der Waals surface area contributed by atoms with E-state index in [4.69, 9.17) is 0 Å². The zero-order valence-electron chi connectivity index (χ0n) is 23.0. The van der Waals surface area contributed by atoms with Crippen LogP contribution in [0.4, 0.5) is 5.69 Å². The molecule has 0 spiro atoms. The van der Waals surface area contributed by atoms with Gasteiger partial charge in [-0.2, -0.15) is 0 Å². The maximum atomic E-state index is 14.0. The molecule has 0 radical (unpaired) electrons. The molecule has 0 aliphatic heterocycles. The van der Waals surface area contributed by atoms with Gasteiger partial charge in [0.05, 0.1) is 10.6 Å². The van der Waals surface area contributed by atoms with Crippen molar-refractivity contribution in [3.05, 3.63) is 94.5 Å². The van der Waals surface area contributed by atoms with Crippen molar-refractivity contribution in [3.8, 4) is 0 Å². The molecule has 2 amide bonds. The van der Waals surface area contributed by atoms with Gasteiger partial charge < -0.3 is 10.2 Å². The minimum atomic E-state index is -4.09. The van der Waals surface area contributed by atoms with Crippen LogP contribution in [-0.2, 0) is 26.2 Å². The van der Waals surface area contributed by atoms with Crippen LogP contribution in [-0.4, -0.2) is 44.8 Å². The second kappa shape index (κ2) is 12.3. The molecule has 202 valence electrons. The van der Waals surface area contributed by atoms with E-state index in [-0.39, 0.29) is 17.3 Å². The van der Waals surface area contributed by atoms with Crippen molar-refractivity contribution < 1.29 is 18.0 Å². The summed E-state index contributed by atoms with van der Waals surface area (Å²) in [7, 11) is -2.56. The molecule has 0 aliphatic rings. The molecule has 1 N–H and O–H groups in total. The highest BCUT2D eigenvalue weighted by Gasteiger charge is 2.34. The molecule has 0 heterocycles.